The first kappa shape index (κ1) is 24.0. The number of allylic oxidation sites excluding steroid dienone is 2. The van der Waals surface area contributed by atoms with Crippen LogP contribution in [0.5, 0.6) is 5.88 Å². The zero-order chi connectivity index (χ0) is 26.0. The SMILES string of the molecule is CN(C)[C@H]1C[C@@]23CC[C@]4(O2)C2CC=C(c5ccc6cc(O)ncc6c5)[C@@]2(C)CCC4(O)CC3[C@@H](O)[C@@H]1O. The van der Waals surface area contributed by atoms with Crippen molar-refractivity contribution in [1.82, 2.24) is 9.88 Å². The van der Waals surface area contributed by atoms with Crippen molar-refractivity contribution in [3.63, 3.8) is 0 Å². The first-order valence-electron chi connectivity index (χ1n) is 13.8. The van der Waals surface area contributed by atoms with Gasteiger partial charge in [-0.15, -0.1) is 0 Å². The molecule has 3 heterocycles. The van der Waals surface area contributed by atoms with Gasteiger partial charge in [-0.25, -0.2) is 4.98 Å². The lowest BCUT2D eigenvalue weighted by molar-refractivity contribution is -0.331. The number of aromatic nitrogens is 1. The molecule has 1 aromatic carbocycles. The van der Waals surface area contributed by atoms with E-state index >= 15 is 0 Å². The fourth-order valence-electron chi connectivity index (χ4n) is 9.35. The van der Waals surface area contributed by atoms with E-state index in [2.05, 4.69) is 30.1 Å². The molecule has 1 aromatic heterocycles. The fraction of sp³-hybridized carbons (Fsp3) is 0.633. The molecule has 0 amide bonds. The molecule has 2 saturated heterocycles. The normalized spacial score (nSPS) is 46.5. The molecule has 4 N–H and O–H groups in total. The monoisotopic (exact) mass is 506 g/mol. The predicted octanol–water partition coefficient (Wildman–Crippen LogP) is 3.24. The van der Waals surface area contributed by atoms with Crippen LogP contribution in [0, 0.1) is 17.3 Å². The summed E-state index contributed by atoms with van der Waals surface area (Å²) in [5, 5.41) is 46.2. The van der Waals surface area contributed by atoms with Gasteiger partial charge in [-0.1, -0.05) is 25.1 Å². The Hall–Kier alpha value is -2.03. The molecule has 2 bridgehead atoms. The number of ether oxygens (including phenoxy) is 1. The van der Waals surface area contributed by atoms with Crippen molar-refractivity contribution in [2.24, 2.45) is 17.3 Å². The van der Waals surface area contributed by atoms with Gasteiger partial charge in [0.25, 0.3) is 0 Å². The molecule has 0 radical (unpaired) electrons. The second-order valence-electron chi connectivity index (χ2n) is 13.0. The lowest BCUT2D eigenvalue weighted by atomic mass is 9.51. The highest BCUT2D eigenvalue weighted by molar-refractivity contribution is 5.87. The smallest absolute Gasteiger partial charge is 0.211 e. The Kier molecular flexibility index (Phi) is 4.90. The number of fused-ring (bicyclic) bond motifs is 2. The maximum Gasteiger partial charge on any atom is 0.211 e. The Morgan fingerprint density at radius 3 is 2.59 bits per heavy atom. The zero-order valence-corrected chi connectivity index (χ0v) is 21.9. The van der Waals surface area contributed by atoms with Crippen LogP contribution in [0.2, 0.25) is 0 Å². The Balaban J connectivity index is 1.26. The van der Waals surface area contributed by atoms with Crippen molar-refractivity contribution in [2.45, 2.75) is 86.9 Å². The molecule has 5 aliphatic rings. The summed E-state index contributed by atoms with van der Waals surface area (Å²) in [5.74, 6) is -0.0933. The molecular formula is C30H38N2O5. The Morgan fingerprint density at radius 1 is 1.00 bits per heavy atom. The largest absolute Gasteiger partial charge is 0.493 e. The molecule has 37 heavy (non-hydrogen) atoms. The number of aliphatic hydroxyl groups excluding tert-OH is 2. The molecule has 2 aliphatic heterocycles. The Morgan fingerprint density at radius 2 is 1.81 bits per heavy atom. The van der Waals surface area contributed by atoms with Gasteiger partial charge in [0.1, 0.15) is 5.60 Å². The summed E-state index contributed by atoms with van der Waals surface area (Å²) in [7, 11) is 3.90. The van der Waals surface area contributed by atoms with Gasteiger partial charge in [-0.05, 0) is 87.0 Å². The average molecular weight is 507 g/mol. The van der Waals surface area contributed by atoms with Crippen molar-refractivity contribution in [3.8, 4) is 5.88 Å². The quantitative estimate of drug-likeness (QED) is 0.496. The number of aromatic hydroxyl groups is 1. The van der Waals surface area contributed by atoms with Crippen LogP contribution < -0.4 is 0 Å². The van der Waals surface area contributed by atoms with Crippen LogP contribution in [-0.4, -0.2) is 79.5 Å². The topological polar surface area (TPSA) is 106 Å². The summed E-state index contributed by atoms with van der Waals surface area (Å²) in [6, 6.07) is 7.85. The molecule has 198 valence electrons. The molecule has 3 aliphatic carbocycles. The number of nitrogens with zero attached hydrogens (tertiary/aromatic N) is 2. The number of pyridine rings is 1. The minimum atomic E-state index is -1.01. The number of hydrogen-bond donors (Lipinski definition) is 4. The first-order valence-corrected chi connectivity index (χ1v) is 13.8. The number of hydrogen-bond acceptors (Lipinski definition) is 7. The third kappa shape index (κ3) is 2.98. The molecule has 4 fully saturated rings. The number of aliphatic hydroxyl groups is 3. The van der Waals surface area contributed by atoms with Crippen LogP contribution in [0.3, 0.4) is 0 Å². The van der Waals surface area contributed by atoms with E-state index in [4.69, 9.17) is 4.74 Å². The standard InChI is InChI=1S/C30H38N2O5/c1-27-8-10-29(36)14-21-25(34)26(35)22(32(2)3)15-28(21)9-11-30(29,37-28)23(27)7-6-20(27)18-5-4-17-13-24(33)31-16-19(17)12-18/h4-6,12-13,16,21-23,25-26,34-36H,7-11,14-15H2,1-3H3,(H,31,33)/t21?,22-,23?,25+,26+,27+,28+,29?,30-/m0/s1. The van der Waals surface area contributed by atoms with Gasteiger partial charge in [0.05, 0.1) is 23.4 Å². The number of benzene rings is 1. The molecule has 7 heteroatoms. The fourth-order valence-corrected chi connectivity index (χ4v) is 9.35. The van der Waals surface area contributed by atoms with E-state index in [9.17, 15) is 20.4 Å². The van der Waals surface area contributed by atoms with Crippen molar-refractivity contribution in [2.75, 3.05) is 14.1 Å². The van der Waals surface area contributed by atoms with Gasteiger partial charge < -0.3 is 30.1 Å². The summed E-state index contributed by atoms with van der Waals surface area (Å²) in [6.07, 6.45) is 7.38. The van der Waals surface area contributed by atoms with Crippen molar-refractivity contribution >= 4 is 16.3 Å². The molecule has 2 aromatic rings. The van der Waals surface area contributed by atoms with Gasteiger partial charge >= 0.3 is 0 Å². The first-order chi connectivity index (χ1) is 17.5. The van der Waals surface area contributed by atoms with E-state index in [0.717, 1.165) is 42.0 Å². The van der Waals surface area contributed by atoms with Gasteiger partial charge in [0.15, 0.2) is 0 Å². The molecule has 2 spiro atoms. The van der Waals surface area contributed by atoms with Crippen molar-refractivity contribution in [1.29, 1.82) is 0 Å². The van der Waals surface area contributed by atoms with Gasteiger partial charge in [0, 0.05) is 35.5 Å². The third-order valence-corrected chi connectivity index (χ3v) is 11.3. The van der Waals surface area contributed by atoms with E-state index in [0.29, 0.717) is 19.3 Å². The van der Waals surface area contributed by atoms with Gasteiger partial charge in [-0.2, -0.15) is 0 Å². The average Bonchev–Trinajstić information content (AvgIpc) is 3.39. The third-order valence-electron chi connectivity index (χ3n) is 11.3. The molecule has 9 atom stereocenters. The summed E-state index contributed by atoms with van der Waals surface area (Å²) >= 11 is 0. The zero-order valence-electron chi connectivity index (χ0n) is 21.9. The van der Waals surface area contributed by atoms with E-state index < -0.39 is 29.0 Å². The highest BCUT2D eigenvalue weighted by Crippen LogP contribution is 2.71. The molecule has 7 rings (SSSR count). The molecule has 2 saturated carbocycles. The minimum absolute atomic E-state index is 0.0257. The van der Waals surface area contributed by atoms with Crippen LogP contribution >= 0.6 is 0 Å². The Bertz CT molecular complexity index is 1310. The van der Waals surface area contributed by atoms with Crippen LogP contribution in [0.25, 0.3) is 16.3 Å². The summed E-state index contributed by atoms with van der Waals surface area (Å²) in [6.45, 7) is 2.34. The van der Waals surface area contributed by atoms with Crippen molar-refractivity contribution < 1.29 is 25.2 Å². The van der Waals surface area contributed by atoms with E-state index in [1.807, 2.05) is 25.1 Å². The number of rotatable bonds is 2. The Labute approximate surface area is 217 Å². The van der Waals surface area contributed by atoms with Gasteiger partial charge in [0.2, 0.25) is 5.88 Å². The molecule has 3 unspecified atom stereocenters. The van der Waals surface area contributed by atoms with Gasteiger partial charge in [-0.3, -0.25) is 0 Å². The minimum Gasteiger partial charge on any atom is -0.493 e. The van der Waals surface area contributed by atoms with Crippen LogP contribution in [-0.2, 0) is 4.74 Å². The second kappa shape index (κ2) is 7.54. The molecule has 7 nitrogen and oxygen atoms in total. The van der Waals surface area contributed by atoms with Crippen LogP contribution in [0.4, 0.5) is 0 Å². The summed E-state index contributed by atoms with van der Waals surface area (Å²) < 4.78 is 7.21. The maximum atomic E-state index is 12.3. The lowest BCUT2D eigenvalue weighted by Gasteiger charge is -2.65. The van der Waals surface area contributed by atoms with E-state index in [-0.39, 0.29) is 29.2 Å². The van der Waals surface area contributed by atoms with E-state index in [1.165, 1.54) is 5.57 Å². The highest BCUT2D eigenvalue weighted by Gasteiger charge is 2.76. The van der Waals surface area contributed by atoms with Crippen molar-refractivity contribution in [3.05, 3.63) is 42.1 Å². The summed E-state index contributed by atoms with van der Waals surface area (Å²) in [4.78, 5) is 6.08. The van der Waals surface area contributed by atoms with E-state index in [1.54, 1.807) is 12.3 Å². The predicted molar refractivity (Wildman–Crippen MR) is 140 cm³/mol. The molecular weight excluding hydrogens is 468 g/mol. The number of likely N-dealkylation sites (N-methyl/N-ethyl adjacent to an activating group) is 1. The summed E-state index contributed by atoms with van der Waals surface area (Å²) in [5.41, 5.74) is 0.144. The second-order valence-corrected chi connectivity index (χ2v) is 13.0. The van der Waals surface area contributed by atoms with Crippen LogP contribution in [0.15, 0.2) is 36.5 Å². The highest BCUT2D eigenvalue weighted by atomic mass is 16.6. The lowest BCUT2D eigenvalue weighted by Crippen LogP contribution is -2.73. The van der Waals surface area contributed by atoms with Crippen LogP contribution in [0.1, 0.15) is 57.4 Å². The maximum absolute atomic E-state index is 12.3.